The number of methoxy groups -OCH3 is 1. The van der Waals surface area contributed by atoms with Gasteiger partial charge >= 0.3 is 0 Å². The third-order valence-corrected chi connectivity index (χ3v) is 8.09. The third kappa shape index (κ3) is 6.58. The number of carbonyl (C=O) groups is 2. The third-order valence-electron chi connectivity index (χ3n) is 6.24. The fourth-order valence-electron chi connectivity index (χ4n) is 4.18. The van der Waals surface area contributed by atoms with Gasteiger partial charge in [0, 0.05) is 50.4 Å². The number of aromatic amines is 1. The van der Waals surface area contributed by atoms with Crippen molar-refractivity contribution in [3.05, 3.63) is 102 Å². The van der Waals surface area contributed by atoms with Gasteiger partial charge in [0.25, 0.3) is 5.91 Å². The van der Waals surface area contributed by atoms with E-state index in [-0.39, 0.29) is 34.4 Å². The van der Waals surface area contributed by atoms with Crippen LogP contribution in [0.15, 0.2) is 84.4 Å². The molecule has 0 aliphatic heterocycles. The highest BCUT2D eigenvalue weighted by molar-refractivity contribution is 7.89. The fraction of sp³-hybridized carbons (Fsp3) is 0.214. The standard InChI is InChI=1S/C28H29FN6O5S/c1-34(2)41(38,39)25-10-9-22(15-24(25)40-3)35(28(37)23-17-31-18-33-23)26(20-7-5-12-30-16-20)27(36)32-13-11-19-6-4-8-21(29)14-19/h4-10,12,14-18,26H,11,13H2,1-3H3,(H,31,33)(H,32,36). The minimum Gasteiger partial charge on any atom is -0.495 e. The number of nitrogens with zero attached hydrogens (tertiary/aromatic N) is 4. The van der Waals surface area contributed by atoms with Crippen LogP contribution in [-0.4, -0.2) is 67.2 Å². The van der Waals surface area contributed by atoms with E-state index in [4.69, 9.17) is 4.74 Å². The number of halogens is 1. The van der Waals surface area contributed by atoms with Gasteiger partial charge in [-0.1, -0.05) is 18.2 Å². The number of imidazole rings is 1. The Morgan fingerprint density at radius 2 is 1.88 bits per heavy atom. The molecule has 2 N–H and O–H groups in total. The van der Waals surface area contributed by atoms with Crippen molar-refractivity contribution < 1.29 is 27.1 Å². The number of hydrogen-bond donors (Lipinski definition) is 2. The van der Waals surface area contributed by atoms with Gasteiger partial charge in [-0.25, -0.2) is 22.1 Å². The van der Waals surface area contributed by atoms with Crippen LogP contribution in [0.3, 0.4) is 0 Å². The Balaban J connectivity index is 1.78. The van der Waals surface area contributed by atoms with E-state index in [9.17, 15) is 22.4 Å². The average molecular weight is 581 g/mol. The minimum absolute atomic E-state index is 0.0185. The summed E-state index contributed by atoms with van der Waals surface area (Å²) in [7, 11) is 0.213. The Morgan fingerprint density at radius 1 is 1.07 bits per heavy atom. The second-order valence-corrected chi connectivity index (χ2v) is 11.2. The molecule has 2 heterocycles. The maximum absolute atomic E-state index is 13.9. The molecule has 4 aromatic rings. The molecule has 0 aliphatic rings. The molecule has 0 spiro atoms. The summed E-state index contributed by atoms with van der Waals surface area (Å²) in [6, 6.07) is 12.2. The fourth-order valence-corrected chi connectivity index (χ4v) is 5.21. The van der Waals surface area contributed by atoms with Crippen LogP contribution in [0.4, 0.5) is 10.1 Å². The maximum Gasteiger partial charge on any atom is 0.277 e. The molecule has 4 rings (SSSR count). The summed E-state index contributed by atoms with van der Waals surface area (Å²) in [4.78, 5) is 39.6. The molecule has 2 aromatic heterocycles. The minimum atomic E-state index is -3.88. The zero-order valence-corrected chi connectivity index (χ0v) is 23.4. The van der Waals surface area contributed by atoms with E-state index in [0.717, 1.165) is 4.31 Å². The van der Waals surface area contributed by atoms with Crippen LogP contribution < -0.4 is 15.0 Å². The summed E-state index contributed by atoms with van der Waals surface area (Å²) < 4.78 is 45.9. The normalized spacial score (nSPS) is 12.1. The van der Waals surface area contributed by atoms with E-state index in [1.165, 1.54) is 81.4 Å². The molecule has 214 valence electrons. The zero-order chi connectivity index (χ0) is 29.6. The van der Waals surface area contributed by atoms with Crippen molar-refractivity contribution in [2.75, 3.05) is 32.6 Å². The number of amides is 2. The number of anilines is 1. The predicted octanol–water partition coefficient (Wildman–Crippen LogP) is 2.95. The lowest BCUT2D eigenvalue weighted by Gasteiger charge is -2.31. The molecule has 11 nitrogen and oxygen atoms in total. The summed E-state index contributed by atoms with van der Waals surface area (Å²) in [6.07, 6.45) is 6.00. The number of hydrogen-bond acceptors (Lipinski definition) is 7. The number of H-pyrrole nitrogens is 1. The van der Waals surface area contributed by atoms with Crippen LogP contribution in [0, 0.1) is 5.82 Å². The number of ether oxygens (including phenoxy) is 1. The molecule has 1 unspecified atom stereocenters. The van der Waals surface area contributed by atoms with Gasteiger partial charge in [0.05, 0.1) is 19.6 Å². The molecule has 0 saturated heterocycles. The average Bonchev–Trinajstić information content (AvgIpc) is 3.51. The first-order valence-electron chi connectivity index (χ1n) is 12.5. The van der Waals surface area contributed by atoms with Gasteiger partial charge in [-0.2, -0.15) is 0 Å². The van der Waals surface area contributed by atoms with Gasteiger partial charge in [0.2, 0.25) is 15.9 Å². The number of sulfonamides is 1. The largest absolute Gasteiger partial charge is 0.495 e. The molecule has 0 fully saturated rings. The van der Waals surface area contributed by atoms with E-state index in [1.54, 1.807) is 24.3 Å². The Hall–Kier alpha value is -4.62. The smallest absolute Gasteiger partial charge is 0.277 e. The molecule has 13 heteroatoms. The van der Waals surface area contributed by atoms with E-state index in [2.05, 4.69) is 20.3 Å². The highest BCUT2D eigenvalue weighted by atomic mass is 32.2. The number of carbonyl (C=O) groups excluding carboxylic acids is 2. The Kier molecular flexibility index (Phi) is 9.10. The molecule has 0 saturated carbocycles. The molecular weight excluding hydrogens is 551 g/mol. The predicted molar refractivity (Wildman–Crippen MR) is 149 cm³/mol. The first-order valence-corrected chi connectivity index (χ1v) is 13.9. The van der Waals surface area contributed by atoms with Gasteiger partial charge in [-0.05, 0) is 42.3 Å². The van der Waals surface area contributed by atoms with Crippen molar-refractivity contribution in [1.82, 2.24) is 24.6 Å². The highest BCUT2D eigenvalue weighted by Gasteiger charge is 2.35. The van der Waals surface area contributed by atoms with Crippen molar-refractivity contribution in [3.63, 3.8) is 0 Å². The number of benzene rings is 2. The van der Waals surface area contributed by atoms with Crippen LogP contribution in [-0.2, 0) is 21.2 Å². The van der Waals surface area contributed by atoms with Crippen LogP contribution in [0.2, 0.25) is 0 Å². The summed E-state index contributed by atoms with van der Waals surface area (Å²) in [6.45, 7) is 0.161. The van der Waals surface area contributed by atoms with Crippen molar-refractivity contribution in [2.45, 2.75) is 17.4 Å². The van der Waals surface area contributed by atoms with Crippen LogP contribution in [0.1, 0.15) is 27.7 Å². The summed E-state index contributed by atoms with van der Waals surface area (Å²) in [5, 5.41) is 2.84. The molecule has 2 aromatic carbocycles. The van der Waals surface area contributed by atoms with Crippen LogP contribution >= 0.6 is 0 Å². The highest BCUT2D eigenvalue weighted by Crippen LogP contribution is 2.35. The van der Waals surface area contributed by atoms with Gasteiger partial charge in [-0.3, -0.25) is 19.5 Å². The Bertz CT molecular complexity index is 1610. The molecule has 0 bridgehead atoms. The van der Waals surface area contributed by atoms with Gasteiger partial charge in [0.1, 0.15) is 28.2 Å². The quantitative estimate of drug-likeness (QED) is 0.278. The van der Waals surface area contributed by atoms with Crippen LogP contribution in [0.5, 0.6) is 5.75 Å². The van der Waals surface area contributed by atoms with E-state index >= 15 is 0 Å². The van der Waals surface area contributed by atoms with Gasteiger partial charge in [-0.15, -0.1) is 0 Å². The van der Waals surface area contributed by atoms with E-state index < -0.39 is 27.9 Å². The Labute approximate surface area is 237 Å². The lowest BCUT2D eigenvalue weighted by Crippen LogP contribution is -2.44. The van der Waals surface area contributed by atoms with Crippen molar-refractivity contribution in [3.8, 4) is 5.75 Å². The van der Waals surface area contributed by atoms with Crippen molar-refractivity contribution >= 4 is 27.5 Å². The number of rotatable bonds is 11. The van der Waals surface area contributed by atoms with Crippen molar-refractivity contribution in [1.29, 1.82) is 0 Å². The molecule has 0 radical (unpaired) electrons. The number of aromatic nitrogens is 3. The lowest BCUT2D eigenvalue weighted by molar-refractivity contribution is -0.122. The van der Waals surface area contributed by atoms with Gasteiger partial charge in [0.15, 0.2) is 0 Å². The SMILES string of the molecule is COc1cc(N(C(=O)c2cnc[nH]2)C(C(=O)NCCc2cccc(F)c2)c2cccnc2)ccc1S(=O)(=O)N(C)C. The van der Waals surface area contributed by atoms with E-state index in [0.29, 0.717) is 17.5 Å². The molecular formula is C28H29FN6O5S. The molecule has 2 amide bonds. The van der Waals surface area contributed by atoms with E-state index in [1.807, 2.05) is 0 Å². The monoisotopic (exact) mass is 580 g/mol. The summed E-state index contributed by atoms with van der Waals surface area (Å²) >= 11 is 0. The van der Waals surface area contributed by atoms with Crippen LogP contribution in [0.25, 0.3) is 0 Å². The van der Waals surface area contributed by atoms with Crippen molar-refractivity contribution in [2.24, 2.45) is 0 Å². The summed E-state index contributed by atoms with van der Waals surface area (Å²) in [5.74, 6) is -1.55. The molecule has 41 heavy (non-hydrogen) atoms. The first kappa shape index (κ1) is 29.4. The first-order chi connectivity index (χ1) is 19.6. The topological polar surface area (TPSA) is 138 Å². The second kappa shape index (κ2) is 12.7. The molecule has 1 atom stereocenters. The zero-order valence-electron chi connectivity index (χ0n) is 22.6. The maximum atomic E-state index is 13.9. The lowest BCUT2D eigenvalue weighted by atomic mass is 10.0. The van der Waals surface area contributed by atoms with Gasteiger partial charge < -0.3 is 15.0 Å². The Morgan fingerprint density at radius 3 is 2.51 bits per heavy atom. The second-order valence-electron chi connectivity index (χ2n) is 9.12. The number of pyridine rings is 1. The number of nitrogens with one attached hydrogen (secondary N) is 2. The molecule has 0 aliphatic carbocycles. The summed E-state index contributed by atoms with van der Waals surface area (Å²) in [5.41, 5.74) is 1.37.